The number of aliphatic hydroxyl groups excluding tert-OH is 1. The van der Waals surface area contributed by atoms with Gasteiger partial charge in [0.2, 0.25) is 0 Å². The molecule has 2 aromatic heterocycles. The summed E-state index contributed by atoms with van der Waals surface area (Å²) in [5.41, 5.74) is 1.15. The molecule has 0 radical (unpaired) electrons. The normalized spacial score (nSPS) is 16.7. The number of aromatic nitrogens is 2. The van der Waals surface area contributed by atoms with Crippen molar-refractivity contribution in [2.45, 2.75) is 13.0 Å². The highest BCUT2D eigenvalue weighted by molar-refractivity contribution is 7.22. The molecule has 1 amide bonds. The van der Waals surface area contributed by atoms with Crippen molar-refractivity contribution < 1.29 is 28.9 Å². The number of fused-ring (bicyclic) bond motifs is 1. The van der Waals surface area contributed by atoms with Crippen LogP contribution in [0.25, 0.3) is 16.0 Å². The van der Waals surface area contributed by atoms with Crippen LogP contribution in [0.5, 0.6) is 17.2 Å². The van der Waals surface area contributed by atoms with E-state index in [-0.39, 0.29) is 21.9 Å². The van der Waals surface area contributed by atoms with Crippen molar-refractivity contribution in [3.8, 4) is 17.2 Å². The molecule has 1 unspecified atom stereocenters. The monoisotopic (exact) mass is 551 g/mol. The summed E-state index contributed by atoms with van der Waals surface area (Å²) in [6.07, 6.45) is 3.12. The number of carbonyl (C=O) groups is 2. The number of aliphatic hydroxyl groups is 1. The van der Waals surface area contributed by atoms with E-state index in [9.17, 15) is 14.7 Å². The molecule has 1 saturated heterocycles. The number of amides is 1. The number of ether oxygens (including phenoxy) is 3. The lowest BCUT2D eigenvalue weighted by Crippen LogP contribution is -2.29. The van der Waals surface area contributed by atoms with Gasteiger partial charge in [0.1, 0.15) is 23.0 Å². The summed E-state index contributed by atoms with van der Waals surface area (Å²) in [4.78, 5) is 37.0. The number of carbonyl (C=O) groups excluding carboxylic acids is 2. The number of methoxy groups -OCH3 is 2. The Hall–Kier alpha value is -4.15. The maximum atomic E-state index is 13.5. The highest BCUT2D eigenvalue weighted by Gasteiger charge is 2.48. The van der Waals surface area contributed by atoms with E-state index < -0.39 is 23.5 Å². The predicted molar refractivity (Wildman–Crippen MR) is 144 cm³/mol. The smallest absolute Gasteiger partial charge is 0.301 e. The van der Waals surface area contributed by atoms with Gasteiger partial charge >= 0.3 is 5.91 Å². The van der Waals surface area contributed by atoms with Crippen molar-refractivity contribution in [1.82, 2.24) is 9.97 Å². The summed E-state index contributed by atoms with van der Waals surface area (Å²) in [7, 11) is 2.86. The third-order valence-electron chi connectivity index (χ3n) is 6.04. The minimum absolute atomic E-state index is 0.135. The number of nitrogens with zero attached hydrogens (tertiary/aromatic N) is 3. The lowest BCUT2D eigenvalue weighted by atomic mass is 9.96. The van der Waals surface area contributed by atoms with Crippen LogP contribution in [-0.4, -0.2) is 47.6 Å². The van der Waals surface area contributed by atoms with Gasteiger partial charge in [-0.25, -0.2) is 4.98 Å². The molecule has 1 aliphatic rings. The van der Waals surface area contributed by atoms with Gasteiger partial charge in [-0.15, -0.1) is 0 Å². The number of ketones is 1. The van der Waals surface area contributed by atoms with E-state index in [2.05, 4.69) is 9.97 Å². The van der Waals surface area contributed by atoms with Gasteiger partial charge in [0, 0.05) is 18.5 Å². The van der Waals surface area contributed by atoms with E-state index in [1.54, 1.807) is 30.5 Å². The Kier molecular flexibility index (Phi) is 6.92. The summed E-state index contributed by atoms with van der Waals surface area (Å²) < 4.78 is 17.0. The topological polar surface area (TPSA) is 111 Å². The number of pyridine rings is 1. The van der Waals surface area contributed by atoms with Crippen LogP contribution in [0.2, 0.25) is 5.02 Å². The predicted octanol–water partition coefficient (Wildman–Crippen LogP) is 5.39. The largest absolute Gasteiger partial charge is 0.507 e. The van der Waals surface area contributed by atoms with Gasteiger partial charge in [0.25, 0.3) is 5.78 Å². The Morgan fingerprint density at radius 1 is 1.13 bits per heavy atom. The van der Waals surface area contributed by atoms with E-state index in [4.69, 9.17) is 25.8 Å². The standard InChI is InChI=1S/C27H22ClN3O6S/c1-4-37-15-7-8-18-21(10-15)38-27(30-18)31-23(14-6-5-9-29-13-14)22(25(33)26(31)34)24(32)16-11-17(28)20(36-3)12-19(16)35-2/h5-13,23,32H,4H2,1-3H3/b24-22+. The average Bonchev–Trinajstić information content (AvgIpc) is 3.46. The van der Waals surface area contributed by atoms with E-state index in [0.717, 1.165) is 4.70 Å². The molecule has 11 heteroatoms. The molecular weight excluding hydrogens is 530 g/mol. The van der Waals surface area contributed by atoms with Gasteiger partial charge in [-0.05, 0) is 42.8 Å². The molecule has 0 saturated carbocycles. The molecule has 194 valence electrons. The zero-order valence-corrected chi connectivity index (χ0v) is 22.2. The number of anilines is 1. The van der Waals surface area contributed by atoms with Crippen LogP contribution >= 0.6 is 22.9 Å². The van der Waals surface area contributed by atoms with Crippen LogP contribution in [0, 0.1) is 0 Å². The van der Waals surface area contributed by atoms with Gasteiger partial charge in [-0.3, -0.25) is 19.5 Å². The van der Waals surface area contributed by atoms with Crippen LogP contribution in [0.1, 0.15) is 24.1 Å². The maximum Gasteiger partial charge on any atom is 0.301 e. The van der Waals surface area contributed by atoms with Crippen molar-refractivity contribution in [3.63, 3.8) is 0 Å². The zero-order valence-electron chi connectivity index (χ0n) is 20.6. The fourth-order valence-corrected chi connectivity index (χ4v) is 5.59. The van der Waals surface area contributed by atoms with Crippen LogP contribution in [0.3, 0.4) is 0 Å². The number of thiazole rings is 1. The summed E-state index contributed by atoms with van der Waals surface area (Å²) in [6, 6.07) is 10.8. The van der Waals surface area contributed by atoms with E-state index in [1.807, 2.05) is 13.0 Å². The fraction of sp³-hybridized carbons (Fsp3) is 0.185. The molecule has 0 bridgehead atoms. The Labute approximate surface area is 226 Å². The second-order valence-electron chi connectivity index (χ2n) is 8.20. The number of hydrogen-bond acceptors (Lipinski definition) is 9. The number of hydrogen-bond donors (Lipinski definition) is 1. The van der Waals surface area contributed by atoms with E-state index >= 15 is 0 Å². The summed E-state index contributed by atoms with van der Waals surface area (Å²) in [6.45, 7) is 2.40. The first kappa shape index (κ1) is 25.5. The van der Waals surface area contributed by atoms with E-state index in [1.165, 1.54) is 48.8 Å². The van der Waals surface area contributed by atoms with Gasteiger partial charge in [0.15, 0.2) is 5.13 Å². The Balaban J connectivity index is 1.71. The summed E-state index contributed by atoms with van der Waals surface area (Å²) in [5.74, 6) is -0.943. The van der Waals surface area contributed by atoms with E-state index in [0.29, 0.717) is 34.3 Å². The molecule has 38 heavy (non-hydrogen) atoms. The van der Waals surface area contributed by atoms with Gasteiger partial charge in [-0.2, -0.15) is 0 Å². The number of halogens is 1. The quantitative estimate of drug-likeness (QED) is 0.185. The molecule has 1 N–H and O–H groups in total. The average molecular weight is 552 g/mol. The summed E-state index contributed by atoms with van der Waals surface area (Å²) >= 11 is 7.57. The molecule has 0 spiro atoms. The highest BCUT2D eigenvalue weighted by Crippen LogP contribution is 2.46. The third-order valence-corrected chi connectivity index (χ3v) is 7.35. The van der Waals surface area contributed by atoms with Crippen molar-refractivity contribution in [2.24, 2.45) is 0 Å². The first-order chi connectivity index (χ1) is 18.4. The maximum absolute atomic E-state index is 13.5. The second kappa shape index (κ2) is 10.3. The Morgan fingerprint density at radius 2 is 1.92 bits per heavy atom. The van der Waals surface area contributed by atoms with Crippen molar-refractivity contribution in [2.75, 3.05) is 25.7 Å². The Morgan fingerprint density at radius 3 is 2.61 bits per heavy atom. The van der Waals surface area contributed by atoms with Crippen molar-refractivity contribution in [3.05, 3.63) is 76.6 Å². The van der Waals surface area contributed by atoms with Gasteiger partial charge in [-0.1, -0.05) is 29.0 Å². The van der Waals surface area contributed by atoms with Crippen LogP contribution in [-0.2, 0) is 9.59 Å². The minimum atomic E-state index is -0.999. The summed E-state index contributed by atoms with van der Waals surface area (Å²) in [5, 5.41) is 12.0. The second-order valence-corrected chi connectivity index (χ2v) is 9.62. The fourth-order valence-electron chi connectivity index (χ4n) is 4.33. The number of benzene rings is 2. The Bertz CT molecular complexity index is 1590. The molecule has 5 rings (SSSR count). The van der Waals surface area contributed by atoms with Gasteiger partial charge in [0.05, 0.1) is 53.2 Å². The first-order valence-corrected chi connectivity index (χ1v) is 12.7. The third kappa shape index (κ3) is 4.31. The van der Waals surface area contributed by atoms with Crippen LogP contribution in [0.4, 0.5) is 5.13 Å². The molecule has 2 aromatic carbocycles. The molecular formula is C27H22ClN3O6S. The lowest BCUT2D eigenvalue weighted by Gasteiger charge is -2.22. The minimum Gasteiger partial charge on any atom is -0.507 e. The van der Waals surface area contributed by atoms with Crippen LogP contribution in [0.15, 0.2) is 60.4 Å². The molecule has 1 atom stereocenters. The molecule has 1 fully saturated rings. The molecule has 3 heterocycles. The molecule has 4 aromatic rings. The molecule has 9 nitrogen and oxygen atoms in total. The zero-order chi connectivity index (χ0) is 27.0. The van der Waals surface area contributed by atoms with Crippen molar-refractivity contribution >= 4 is 55.7 Å². The van der Waals surface area contributed by atoms with Gasteiger partial charge < -0.3 is 19.3 Å². The number of rotatable bonds is 7. The van der Waals surface area contributed by atoms with Crippen molar-refractivity contribution in [1.29, 1.82) is 0 Å². The molecule has 1 aliphatic heterocycles. The van der Waals surface area contributed by atoms with Crippen LogP contribution < -0.4 is 19.1 Å². The molecule has 0 aliphatic carbocycles. The first-order valence-electron chi connectivity index (χ1n) is 11.5. The number of Topliss-reactive ketones (excluding diaryl/α,β-unsaturated/α-hetero) is 1. The SMILES string of the molecule is CCOc1ccc2nc(N3C(=O)C(=O)/C(=C(/O)c4cc(Cl)c(OC)cc4OC)C3c3cccnc3)sc2c1. The lowest BCUT2D eigenvalue weighted by molar-refractivity contribution is -0.132. The highest BCUT2D eigenvalue weighted by atomic mass is 35.5.